The van der Waals surface area contributed by atoms with Gasteiger partial charge >= 0.3 is 0 Å². The minimum absolute atomic E-state index is 0.0671. The van der Waals surface area contributed by atoms with Crippen molar-refractivity contribution in [3.8, 4) is 5.88 Å². The Morgan fingerprint density at radius 1 is 1.69 bits per heavy atom. The summed E-state index contributed by atoms with van der Waals surface area (Å²) in [4.78, 5) is 14.2. The Hall–Kier alpha value is -1.16. The van der Waals surface area contributed by atoms with Crippen molar-refractivity contribution in [2.45, 2.75) is 6.92 Å². The lowest BCUT2D eigenvalue weighted by Crippen LogP contribution is -2.02. The monoisotopic (exact) mass is 203 g/mol. The Morgan fingerprint density at radius 2 is 2.38 bits per heavy atom. The van der Waals surface area contributed by atoms with Crippen molar-refractivity contribution in [1.82, 2.24) is 4.98 Å². The van der Waals surface area contributed by atoms with Gasteiger partial charge in [-0.3, -0.25) is 4.79 Å². The molecule has 0 radical (unpaired) electrons. The minimum atomic E-state index is -0.712. The quantitative estimate of drug-likeness (QED) is 0.557. The van der Waals surface area contributed by atoms with Crippen molar-refractivity contribution >= 4 is 16.8 Å². The van der Waals surface area contributed by atoms with Crippen LogP contribution in [0.3, 0.4) is 0 Å². The molecule has 1 rings (SSSR count). The van der Waals surface area contributed by atoms with Gasteiger partial charge in [-0.15, -0.1) is 0 Å². The van der Waals surface area contributed by atoms with Gasteiger partial charge in [0.25, 0.3) is 5.24 Å². The highest BCUT2D eigenvalue weighted by molar-refractivity contribution is 6.68. The zero-order chi connectivity index (χ0) is 9.84. The zero-order valence-electron chi connectivity index (χ0n) is 6.88. The molecule has 0 fully saturated rings. The van der Waals surface area contributed by atoms with E-state index >= 15 is 0 Å². The number of aromatic nitrogens is 1. The van der Waals surface area contributed by atoms with Gasteiger partial charge in [-0.05, 0) is 30.7 Å². The average molecular weight is 204 g/mol. The standard InChI is InChI=1S/C8H7ClFNO2/c1-2-13-8-5(7(9)12)3-4-6(10)11-8/h3-4H,2H2,1H3. The van der Waals surface area contributed by atoms with E-state index in [1.54, 1.807) is 6.92 Å². The number of carbonyl (C=O) groups excluding carboxylic acids is 1. The Labute approximate surface area is 79.5 Å². The SMILES string of the molecule is CCOc1nc(F)ccc1C(=O)Cl. The first-order valence-corrected chi connectivity index (χ1v) is 4.02. The first-order chi connectivity index (χ1) is 6.15. The second kappa shape index (κ2) is 4.18. The van der Waals surface area contributed by atoms with Crippen molar-refractivity contribution in [3.05, 3.63) is 23.6 Å². The van der Waals surface area contributed by atoms with E-state index in [4.69, 9.17) is 16.3 Å². The van der Waals surface area contributed by atoms with Crippen LogP contribution in [0.4, 0.5) is 4.39 Å². The number of hydrogen-bond donors (Lipinski definition) is 0. The van der Waals surface area contributed by atoms with Crippen molar-refractivity contribution in [2.24, 2.45) is 0 Å². The van der Waals surface area contributed by atoms with E-state index in [2.05, 4.69) is 4.98 Å². The summed E-state index contributed by atoms with van der Waals surface area (Å²) in [6, 6.07) is 2.29. The van der Waals surface area contributed by atoms with E-state index in [9.17, 15) is 9.18 Å². The third kappa shape index (κ3) is 2.39. The van der Waals surface area contributed by atoms with E-state index < -0.39 is 11.2 Å². The van der Waals surface area contributed by atoms with Gasteiger partial charge in [0.05, 0.1) is 12.2 Å². The molecule has 0 atom stereocenters. The van der Waals surface area contributed by atoms with Gasteiger partial charge in [0.2, 0.25) is 11.8 Å². The number of nitrogens with zero attached hydrogens (tertiary/aromatic N) is 1. The van der Waals surface area contributed by atoms with Crippen LogP contribution in [0.5, 0.6) is 5.88 Å². The predicted molar refractivity (Wildman–Crippen MR) is 45.5 cm³/mol. The van der Waals surface area contributed by atoms with Crippen LogP contribution < -0.4 is 4.74 Å². The number of ether oxygens (including phenoxy) is 1. The first-order valence-electron chi connectivity index (χ1n) is 3.64. The molecule has 0 aliphatic heterocycles. The summed E-state index contributed by atoms with van der Waals surface area (Å²) < 4.78 is 17.5. The molecule has 0 amide bonds. The highest BCUT2D eigenvalue weighted by Crippen LogP contribution is 2.17. The number of rotatable bonds is 3. The minimum Gasteiger partial charge on any atom is -0.477 e. The zero-order valence-corrected chi connectivity index (χ0v) is 7.64. The van der Waals surface area contributed by atoms with E-state index in [0.717, 1.165) is 6.07 Å². The Bertz CT molecular complexity index is 330. The lowest BCUT2D eigenvalue weighted by atomic mass is 10.3. The highest BCUT2D eigenvalue weighted by Gasteiger charge is 2.12. The van der Waals surface area contributed by atoms with Crippen LogP contribution in [0.15, 0.2) is 12.1 Å². The van der Waals surface area contributed by atoms with Crippen LogP contribution in [0.1, 0.15) is 17.3 Å². The fraction of sp³-hybridized carbons (Fsp3) is 0.250. The van der Waals surface area contributed by atoms with Crippen molar-refractivity contribution in [3.63, 3.8) is 0 Å². The maximum atomic E-state index is 12.6. The molecule has 0 N–H and O–H groups in total. The maximum Gasteiger partial charge on any atom is 0.257 e. The normalized spacial score (nSPS) is 9.77. The van der Waals surface area contributed by atoms with E-state index in [1.165, 1.54) is 6.07 Å². The largest absolute Gasteiger partial charge is 0.477 e. The van der Waals surface area contributed by atoms with E-state index in [-0.39, 0.29) is 11.4 Å². The molecule has 0 saturated heterocycles. The second-order valence-electron chi connectivity index (χ2n) is 2.19. The smallest absolute Gasteiger partial charge is 0.257 e. The summed E-state index contributed by atoms with van der Waals surface area (Å²) in [5.41, 5.74) is 0.0740. The van der Waals surface area contributed by atoms with Gasteiger partial charge in [-0.2, -0.15) is 9.37 Å². The van der Waals surface area contributed by atoms with E-state index in [1.807, 2.05) is 0 Å². The molecule has 13 heavy (non-hydrogen) atoms. The van der Waals surface area contributed by atoms with Gasteiger partial charge in [-0.25, -0.2) is 0 Å². The van der Waals surface area contributed by atoms with Crippen LogP contribution in [0, 0.1) is 5.95 Å². The molecule has 0 spiro atoms. The molecule has 1 aromatic heterocycles. The third-order valence-corrected chi connectivity index (χ3v) is 1.52. The van der Waals surface area contributed by atoms with Crippen molar-refractivity contribution in [1.29, 1.82) is 0 Å². The Morgan fingerprint density at radius 3 is 2.92 bits per heavy atom. The number of hydrogen-bond acceptors (Lipinski definition) is 3. The van der Waals surface area contributed by atoms with Crippen molar-refractivity contribution in [2.75, 3.05) is 6.61 Å². The van der Waals surface area contributed by atoms with Gasteiger partial charge < -0.3 is 4.74 Å². The molecule has 0 aliphatic carbocycles. The third-order valence-electron chi connectivity index (χ3n) is 1.32. The van der Waals surface area contributed by atoms with Crippen LogP contribution >= 0.6 is 11.6 Å². The second-order valence-corrected chi connectivity index (χ2v) is 2.54. The van der Waals surface area contributed by atoms with Gasteiger partial charge in [0.1, 0.15) is 0 Å². The summed E-state index contributed by atoms with van der Waals surface area (Å²) >= 11 is 5.22. The first kappa shape index (κ1) is 9.92. The summed E-state index contributed by atoms with van der Waals surface area (Å²) in [5, 5.41) is -0.712. The topological polar surface area (TPSA) is 39.2 Å². The molecule has 0 aliphatic rings. The molecule has 0 saturated carbocycles. The van der Waals surface area contributed by atoms with Crippen LogP contribution in [-0.4, -0.2) is 16.8 Å². The van der Waals surface area contributed by atoms with Crippen molar-refractivity contribution < 1.29 is 13.9 Å². The highest BCUT2D eigenvalue weighted by atomic mass is 35.5. The molecule has 1 heterocycles. The molecule has 0 bridgehead atoms. The molecule has 70 valence electrons. The Balaban J connectivity index is 3.10. The Kier molecular flexibility index (Phi) is 3.19. The van der Waals surface area contributed by atoms with E-state index in [0.29, 0.717) is 6.61 Å². The molecule has 1 aromatic rings. The lowest BCUT2D eigenvalue weighted by Gasteiger charge is -2.04. The molecular weight excluding hydrogens is 197 g/mol. The molecular formula is C8H7ClFNO2. The van der Waals surface area contributed by atoms with Crippen LogP contribution in [0.25, 0.3) is 0 Å². The number of carbonyl (C=O) groups is 1. The molecule has 0 aromatic carbocycles. The summed E-state index contributed by atoms with van der Waals surface area (Å²) in [7, 11) is 0. The van der Waals surface area contributed by atoms with Gasteiger partial charge in [0.15, 0.2) is 0 Å². The summed E-state index contributed by atoms with van der Waals surface area (Å²) in [6.07, 6.45) is 0. The van der Waals surface area contributed by atoms with Gasteiger partial charge in [0, 0.05) is 0 Å². The summed E-state index contributed by atoms with van der Waals surface area (Å²) in [5.74, 6) is -0.771. The van der Waals surface area contributed by atoms with Crippen LogP contribution in [0.2, 0.25) is 0 Å². The molecule has 5 heteroatoms. The fourth-order valence-corrected chi connectivity index (χ4v) is 0.958. The number of pyridine rings is 1. The summed E-state index contributed by atoms with van der Waals surface area (Å²) in [6.45, 7) is 2.00. The predicted octanol–water partition coefficient (Wildman–Crippen LogP) is 2.00. The lowest BCUT2D eigenvalue weighted by molar-refractivity contribution is 0.107. The van der Waals surface area contributed by atoms with Gasteiger partial charge in [-0.1, -0.05) is 0 Å². The van der Waals surface area contributed by atoms with Crippen LogP contribution in [-0.2, 0) is 0 Å². The average Bonchev–Trinajstić information content (AvgIpc) is 2.04. The fourth-order valence-electron chi connectivity index (χ4n) is 0.814. The molecule has 0 unspecified atom stereocenters. The number of halogens is 2. The molecule has 3 nitrogen and oxygen atoms in total. The maximum absolute atomic E-state index is 12.6.